The van der Waals surface area contributed by atoms with Gasteiger partial charge in [-0.15, -0.1) is 17.0 Å². The summed E-state index contributed by atoms with van der Waals surface area (Å²) in [6, 6.07) is 0. The first-order chi connectivity index (χ1) is 6.79. The number of rotatable bonds is 5. The third kappa shape index (κ3) is 36.1. The molecule has 0 aromatic carbocycles. The Bertz CT molecular complexity index is 124. The molecule has 16 heavy (non-hydrogen) atoms. The molecule has 1 nitrogen and oxygen atoms in total. The highest BCUT2D eigenvalue weighted by Gasteiger charge is 2.20. The van der Waals surface area contributed by atoms with Crippen molar-refractivity contribution in [2.75, 3.05) is 0 Å². The highest BCUT2D eigenvalue weighted by atomic mass is 79.9. The van der Waals surface area contributed by atoms with Gasteiger partial charge in [0.1, 0.15) is 0 Å². The lowest BCUT2D eigenvalue weighted by Gasteiger charge is -2.17. The van der Waals surface area contributed by atoms with Crippen LogP contribution in [-0.2, 0) is 0 Å². The van der Waals surface area contributed by atoms with Crippen LogP contribution in [0.15, 0.2) is 0 Å². The summed E-state index contributed by atoms with van der Waals surface area (Å²) in [6.07, 6.45) is 7.13. The molecule has 95 valence electrons. The number of hydrogen-bond donors (Lipinski definition) is 1. The van der Waals surface area contributed by atoms with Gasteiger partial charge in [-0.05, 0) is 31.4 Å². The number of unbranched alkanes of at least 4 members (excludes halogenated alkanes) is 3. The van der Waals surface area contributed by atoms with Gasteiger partial charge in [-0.3, -0.25) is 0 Å². The van der Waals surface area contributed by atoms with Gasteiger partial charge in [0.25, 0.3) is 4.55 Å². The maximum absolute atomic E-state index is 8.19. The van der Waals surface area contributed by atoms with Crippen LogP contribution in [0.4, 0.5) is 0 Å². The van der Waals surface area contributed by atoms with Crippen LogP contribution in [0.25, 0.3) is 0 Å². The normalized spacial score (nSPS) is 10.5. The van der Waals surface area contributed by atoms with Gasteiger partial charge in [0, 0.05) is 6.42 Å². The van der Waals surface area contributed by atoms with E-state index in [9.17, 15) is 0 Å². The lowest BCUT2D eigenvalue weighted by Crippen LogP contribution is -2.03. The zero-order valence-electron chi connectivity index (χ0n) is 11.9. The van der Waals surface area contributed by atoms with Gasteiger partial charge in [-0.25, -0.2) is 0 Å². The molecule has 0 bridgehead atoms. The average molecular weight is 323 g/mol. The summed E-state index contributed by atoms with van der Waals surface area (Å²) in [7, 11) is -1.14. The molecule has 0 saturated heterocycles. The quantitative estimate of drug-likeness (QED) is 0.596. The van der Waals surface area contributed by atoms with Gasteiger partial charge < -0.3 is 4.80 Å². The van der Waals surface area contributed by atoms with Crippen molar-refractivity contribution < 1.29 is 4.80 Å². The predicted molar refractivity (Wildman–Crippen MR) is 84.5 cm³/mol. The Labute approximate surface area is 128 Å². The maximum Gasteiger partial charge on any atom is 1.41 e. The first kappa shape index (κ1) is 22.6. The molecular weight excluding hydrogens is 292 g/mol. The molecule has 0 rings (SSSR count). The molecule has 4 heteroatoms. The van der Waals surface area contributed by atoms with E-state index in [0.29, 0.717) is 5.41 Å². The van der Waals surface area contributed by atoms with E-state index >= 15 is 0 Å². The summed E-state index contributed by atoms with van der Waals surface area (Å²) in [6.45, 7) is 10.7. The van der Waals surface area contributed by atoms with Crippen LogP contribution in [0, 0.1) is 5.41 Å². The second-order valence-corrected chi connectivity index (χ2v) is 8.57. The van der Waals surface area contributed by atoms with E-state index in [-0.39, 0.29) is 17.0 Å². The molecule has 0 aliphatic heterocycles. The van der Waals surface area contributed by atoms with Crippen molar-refractivity contribution in [3.8, 4) is 0 Å². The fourth-order valence-corrected chi connectivity index (χ4v) is 1.54. The molecule has 7 radical (unpaired) electrons. The summed E-state index contributed by atoms with van der Waals surface area (Å²) >= 11 is 2.09. The predicted octanol–water partition coefficient (Wildman–Crippen LogP) is 4.11. The van der Waals surface area contributed by atoms with Gasteiger partial charge >= 0.3 is 21.7 Å². The van der Waals surface area contributed by atoms with Crippen molar-refractivity contribution in [3.63, 3.8) is 0 Å². The third-order valence-electron chi connectivity index (χ3n) is 1.93. The zero-order valence-corrected chi connectivity index (χ0v) is 16.2. The van der Waals surface area contributed by atoms with Crippen LogP contribution in [0.1, 0.15) is 52.9 Å². The minimum absolute atomic E-state index is 0. The minimum Gasteiger partial charge on any atom is -0.435 e. The van der Waals surface area contributed by atoms with Crippen molar-refractivity contribution in [3.05, 3.63) is 0 Å². The first-order valence-electron chi connectivity index (χ1n) is 6.27. The average Bonchev–Trinajstić information content (AvgIpc) is 2.01. The summed E-state index contributed by atoms with van der Waals surface area (Å²) in [5.74, 6) is 0. The Balaban J connectivity index is -0.000000292. The highest BCUT2D eigenvalue weighted by Crippen LogP contribution is 2.22. The van der Waals surface area contributed by atoms with E-state index in [1.165, 1.54) is 36.7 Å². The van der Waals surface area contributed by atoms with Crippen molar-refractivity contribution in [1.82, 2.24) is 0 Å². The molecule has 0 fully saturated rings. The van der Waals surface area contributed by atoms with E-state index < -0.39 is 9.04 Å². The number of halogens is 1. The Morgan fingerprint density at radius 3 is 1.69 bits per heavy atom. The standard InChI is InChI=1S/C10H21.C2H8OSi.BrH.Mg/c1-5-6-7-8-9-10(2,3)4;1-4(2)3;;/h1,5-9H2,2-4H3;3-4H,1-2H3;1H;/q;;;+2. The lowest BCUT2D eigenvalue weighted by atomic mass is 9.89. The molecule has 1 N–H and O–H groups in total. The summed E-state index contributed by atoms with van der Waals surface area (Å²) in [5, 5.41) is 0. The van der Waals surface area contributed by atoms with E-state index in [1.54, 1.807) is 0 Å². The second kappa shape index (κ2) is 14.5. The van der Waals surface area contributed by atoms with Crippen LogP contribution in [0.2, 0.25) is 17.6 Å². The van der Waals surface area contributed by atoms with Crippen LogP contribution in [0.5, 0.6) is 0 Å². The van der Waals surface area contributed by atoms with Gasteiger partial charge in [0.15, 0.2) is 9.04 Å². The Kier molecular flexibility index (Phi) is 20.4. The van der Waals surface area contributed by atoms with Crippen LogP contribution >= 0.6 is 17.0 Å². The van der Waals surface area contributed by atoms with E-state index in [4.69, 9.17) is 4.80 Å². The van der Waals surface area contributed by atoms with E-state index in [1.807, 2.05) is 13.1 Å². The molecule has 0 unspecified atom stereocenters. The molecular formula is C12H30BrMgOSi+2. The van der Waals surface area contributed by atoms with E-state index in [2.05, 4.69) is 42.5 Å². The fourth-order valence-electron chi connectivity index (χ4n) is 1.19. The minimum atomic E-state index is -1.14. The van der Waals surface area contributed by atoms with Gasteiger partial charge in [0.05, 0.1) is 0 Å². The fraction of sp³-hybridized carbons (Fsp3) is 1.00. The SMILES string of the molecule is Br.CC(C)(C)CCCCC[CH2][Mg+2].C[SiH](C)O. The van der Waals surface area contributed by atoms with Gasteiger partial charge in [-0.2, -0.15) is 0 Å². The third-order valence-corrected chi connectivity index (χ3v) is 2.43. The van der Waals surface area contributed by atoms with Crippen molar-refractivity contribution in [2.24, 2.45) is 5.41 Å². The second-order valence-electron chi connectivity index (χ2n) is 5.67. The molecule has 0 aliphatic rings. The molecule has 0 spiro atoms. The van der Waals surface area contributed by atoms with E-state index in [0.717, 1.165) is 0 Å². The topological polar surface area (TPSA) is 20.2 Å². The monoisotopic (exact) mass is 321 g/mol. The maximum atomic E-state index is 8.19. The van der Waals surface area contributed by atoms with Gasteiger partial charge in [-0.1, -0.05) is 33.6 Å². The van der Waals surface area contributed by atoms with Crippen LogP contribution < -0.4 is 0 Å². The summed E-state index contributed by atoms with van der Waals surface area (Å²) < 4.78 is 1.38. The van der Waals surface area contributed by atoms with Crippen molar-refractivity contribution >= 4 is 47.7 Å². The molecule has 0 aromatic rings. The van der Waals surface area contributed by atoms with Gasteiger partial charge in [0.2, 0.25) is 0 Å². The van der Waals surface area contributed by atoms with Crippen LogP contribution in [-0.4, -0.2) is 35.5 Å². The molecule has 0 aromatic heterocycles. The number of hydrogen-bond acceptors (Lipinski definition) is 1. The molecule has 0 atom stereocenters. The lowest BCUT2D eigenvalue weighted by molar-refractivity contribution is 0.358. The largest absolute Gasteiger partial charge is 1.41 e. The van der Waals surface area contributed by atoms with Crippen molar-refractivity contribution in [2.45, 2.75) is 70.5 Å². The molecule has 0 heterocycles. The van der Waals surface area contributed by atoms with Crippen molar-refractivity contribution in [1.29, 1.82) is 0 Å². The molecule has 0 amide bonds. The van der Waals surface area contributed by atoms with Crippen LogP contribution in [0.3, 0.4) is 0 Å². The zero-order chi connectivity index (χ0) is 12.3. The summed E-state index contributed by atoms with van der Waals surface area (Å²) in [5.41, 5.74) is 0.550. The molecule has 0 saturated carbocycles. The highest BCUT2D eigenvalue weighted by molar-refractivity contribution is 8.93. The Morgan fingerprint density at radius 1 is 1.00 bits per heavy atom. The summed E-state index contributed by atoms with van der Waals surface area (Å²) in [4.78, 5) is 8.19. The smallest absolute Gasteiger partial charge is 0.435 e. The Hall–Kier alpha value is 1.42. The Morgan fingerprint density at radius 2 is 1.38 bits per heavy atom. The first-order valence-corrected chi connectivity index (χ1v) is 10.1. The molecule has 0 aliphatic carbocycles.